The number of carboxylic acid groups (broad SMARTS) is 1. The first-order valence-corrected chi connectivity index (χ1v) is 17.6. The average molecular weight is 661 g/mol. The van der Waals surface area contributed by atoms with Crippen LogP contribution < -0.4 is 9.47 Å². The van der Waals surface area contributed by atoms with E-state index in [9.17, 15) is 9.90 Å². The van der Waals surface area contributed by atoms with Crippen molar-refractivity contribution in [1.29, 1.82) is 0 Å². The van der Waals surface area contributed by atoms with Crippen LogP contribution in [0.3, 0.4) is 0 Å². The second-order valence-corrected chi connectivity index (χ2v) is 13.2. The minimum absolute atomic E-state index is 0.298. The quantitative estimate of drug-likeness (QED) is 0.118. The maximum Gasteiger partial charge on any atom is 0.352 e. The third-order valence-electron chi connectivity index (χ3n) is 9.25. The Kier molecular flexibility index (Phi) is 9.15. The van der Waals surface area contributed by atoms with Gasteiger partial charge in [-0.1, -0.05) is 54.6 Å². The van der Waals surface area contributed by atoms with Crippen LogP contribution in [-0.4, -0.2) is 56.8 Å². The molecule has 1 N–H and O–H groups in total. The topological polar surface area (TPSA) is 81.7 Å². The number of carbonyl (C=O) groups is 1. The predicted octanol–water partition coefficient (Wildman–Crippen LogP) is 8.04. The van der Waals surface area contributed by atoms with E-state index in [0.717, 1.165) is 80.8 Å². The van der Waals surface area contributed by atoms with Crippen molar-refractivity contribution < 1.29 is 19.4 Å². The van der Waals surface area contributed by atoms with Gasteiger partial charge < -0.3 is 24.0 Å². The average Bonchev–Trinajstić information content (AvgIpc) is 3.59. The van der Waals surface area contributed by atoms with Crippen molar-refractivity contribution in [2.45, 2.75) is 43.9 Å². The van der Waals surface area contributed by atoms with E-state index in [2.05, 4.69) is 60.7 Å². The van der Waals surface area contributed by atoms with E-state index in [1.54, 1.807) is 11.8 Å². The van der Waals surface area contributed by atoms with Gasteiger partial charge in [-0.05, 0) is 80.4 Å². The minimum Gasteiger partial charge on any atom is -0.493 e. The zero-order valence-corrected chi connectivity index (χ0v) is 28.4. The van der Waals surface area contributed by atoms with E-state index in [1.165, 1.54) is 4.90 Å². The maximum atomic E-state index is 13.0. The first-order chi connectivity index (χ1) is 23.4. The number of aryl methyl sites for hydroxylation is 3. The zero-order valence-electron chi connectivity index (χ0n) is 27.6. The molecule has 1 aliphatic rings. The van der Waals surface area contributed by atoms with Crippen LogP contribution in [0, 0.1) is 0 Å². The molecule has 6 aromatic rings. The molecule has 3 heterocycles. The first kappa shape index (κ1) is 31.8. The highest BCUT2D eigenvalue weighted by atomic mass is 32.2. The molecule has 0 bridgehead atoms. The fraction of sp³-hybridized carbons (Fsp3) is 0.282. The Bertz CT molecular complexity index is 2090. The Balaban J connectivity index is 1.26. The van der Waals surface area contributed by atoms with Gasteiger partial charge in [0.1, 0.15) is 29.5 Å². The summed E-state index contributed by atoms with van der Waals surface area (Å²) in [6.07, 6.45) is 4.15. The van der Waals surface area contributed by atoms with Crippen LogP contribution in [0.2, 0.25) is 0 Å². The van der Waals surface area contributed by atoms with Gasteiger partial charge in [0.05, 0.1) is 17.8 Å². The van der Waals surface area contributed by atoms with Gasteiger partial charge in [-0.25, -0.2) is 4.79 Å². The van der Waals surface area contributed by atoms with Crippen LogP contribution >= 0.6 is 11.8 Å². The monoisotopic (exact) mass is 660 g/mol. The van der Waals surface area contributed by atoms with Crippen molar-refractivity contribution in [3.8, 4) is 22.6 Å². The normalized spacial score (nSPS) is 13.5. The summed E-state index contributed by atoms with van der Waals surface area (Å²) < 4.78 is 16.5. The number of aromatic nitrogens is 3. The molecular formula is C39H40N4O4S. The molecule has 0 atom stereocenters. The van der Waals surface area contributed by atoms with Crippen LogP contribution in [-0.2, 0) is 33.2 Å². The SMILES string of the molecule is CSc1ccc(OCc2nn(C)c3c2-c2cccc4c(CCCOc5cccc6ccccc56)c(C(=O)O)n(c24)CCCN(C)C3)cc1. The van der Waals surface area contributed by atoms with Crippen molar-refractivity contribution in [3.63, 3.8) is 0 Å². The number of rotatable bonds is 10. The number of hydrogen-bond acceptors (Lipinski definition) is 6. The molecule has 9 heteroatoms. The van der Waals surface area contributed by atoms with Crippen molar-refractivity contribution in [1.82, 2.24) is 19.2 Å². The summed E-state index contributed by atoms with van der Waals surface area (Å²) >= 11 is 1.70. The maximum absolute atomic E-state index is 13.0. The van der Waals surface area contributed by atoms with Crippen molar-refractivity contribution in [2.75, 3.05) is 26.5 Å². The summed E-state index contributed by atoms with van der Waals surface area (Å²) in [5.41, 5.74) is 6.08. The van der Waals surface area contributed by atoms with Gasteiger partial charge in [-0.3, -0.25) is 4.68 Å². The molecule has 0 saturated carbocycles. The molecule has 0 spiro atoms. The van der Waals surface area contributed by atoms with E-state index >= 15 is 0 Å². The summed E-state index contributed by atoms with van der Waals surface area (Å²) in [7, 11) is 4.09. The number of ether oxygens (including phenoxy) is 2. The molecule has 0 amide bonds. The van der Waals surface area contributed by atoms with Gasteiger partial charge in [-0.15, -0.1) is 11.8 Å². The van der Waals surface area contributed by atoms with Crippen LogP contribution in [0.15, 0.2) is 89.8 Å². The number of fused-ring (bicyclic) bond motifs is 3. The molecule has 0 fully saturated rings. The molecule has 0 saturated heterocycles. The summed E-state index contributed by atoms with van der Waals surface area (Å²) in [4.78, 5) is 16.5. The number of benzene rings is 4. The molecule has 0 radical (unpaired) electrons. The third kappa shape index (κ3) is 6.16. The summed E-state index contributed by atoms with van der Waals surface area (Å²) in [5, 5.41) is 18.8. The van der Waals surface area contributed by atoms with Gasteiger partial charge in [0.2, 0.25) is 0 Å². The van der Waals surface area contributed by atoms with Crippen molar-refractivity contribution in [2.24, 2.45) is 7.05 Å². The number of aromatic carboxylic acids is 1. The van der Waals surface area contributed by atoms with Gasteiger partial charge >= 0.3 is 5.97 Å². The van der Waals surface area contributed by atoms with Gasteiger partial charge in [0.15, 0.2) is 0 Å². The second kappa shape index (κ2) is 13.8. The molecule has 1 aliphatic heterocycles. The second-order valence-electron chi connectivity index (χ2n) is 12.4. The highest BCUT2D eigenvalue weighted by Crippen LogP contribution is 2.39. The van der Waals surface area contributed by atoms with Gasteiger partial charge in [-0.2, -0.15) is 5.10 Å². The number of nitrogens with zero attached hydrogens (tertiary/aromatic N) is 4. The molecule has 246 valence electrons. The van der Waals surface area contributed by atoms with E-state index < -0.39 is 5.97 Å². The number of hydrogen-bond donors (Lipinski definition) is 1. The minimum atomic E-state index is -0.906. The van der Waals surface area contributed by atoms with Crippen LogP contribution in [0.4, 0.5) is 0 Å². The Morgan fingerprint density at radius 1 is 0.917 bits per heavy atom. The molecule has 7 rings (SSSR count). The summed E-state index contributed by atoms with van der Waals surface area (Å²) in [6.45, 7) is 2.94. The largest absolute Gasteiger partial charge is 0.493 e. The highest BCUT2D eigenvalue weighted by molar-refractivity contribution is 7.98. The lowest BCUT2D eigenvalue weighted by molar-refractivity contribution is 0.0684. The fourth-order valence-corrected chi connectivity index (χ4v) is 7.43. The molecule has 0 unspecified atom stereocenters. The fourth-order valence-electron chi connectivity index (χ4n) is 7.03. The smallest absolute Gasteiger partial charge is 0.352 e. The Morgan fingerprint density at radius 3 is 2.50 bits per heavy atom. The van der Waals surface area contributed by atoms with E-state index in [0.29, 0.717) is 38.3 Å². The molecule has 4 aromatic carbocycles. The number of thioether (sulfide) groups is 1. The lowest BCUT2D eigenvalue weighted by Gasteiger charge is -2.21. The molecule has 2 aromatic heterocycles. The third-order valence-corrected chi connectivity index (χ3v) is 10.00. The van der Waals surface area contributed by atoms with Crippen LogP contribution in [0.5, 0.6) is 11.5 Å². The highest BCUT2D eigenvalue weighted by Gasteiger charge is 2.28. The van der Waals surface area contributed by atoms with Gasteiger partial charge in [0, 0.05) is 46.9 Å². The van der Waals surface area contributed by atoms with Crippen molar-refractivity contribution >= 4 is 39.4 Å². The molecule has 0 aliphatic carbocycles. The van der Waals surface area contributed by atoms with Crippen molar-refractivity contribution in [3.05, 3.63) is 108 Å². The molecular weight excluding hydrogens is 621 g/mol. The Labute approximate surface area is 284 Å². The van der Waals surface area contributed by atoms with E-state index in [1.807, 2.05) is 58.8 Å². The van der Waals surface area contributed by atoms with Gasteiger partial charge in [0.25, 0.3) is 0 Å². The van der Waals surface area contributed by atoms with Crippen LogP contribution in [0.1, 0.15) is 40.3 Å². The van der Waals surface area contributed by atoms with E-state index in [-0.39, 0.29) is 0 Å². The number of carboxylic acids is 1. The lowest BCUT2D eigenvalue weighted by atomic mass is 9.97. The standard InChI is InChI=1S/C39H40N4O4S/c1-41-21-9-22-43-37-30(31(38(43)39(44)45)15-8-23-46-35-16-6-11-26-10-4-5-12-29(26)35)13-7-14-32(37)36-33(40-42(2)34(36)24-41)25-47-27-17-19-28(48-3)20-18-27/h4-7,10-14,16-20H,8-9,15,21-25H2,1-3H3,(H,44,45). The predicted molar refractivity (Wildman–Crippen MR) is 192 cm³/mol. The molecule has 48 heavy (non-hydrogen) atoms. The Morgan fingerprint density at radius 2 is 1.69 bits per heavy atom. The van der Waals surface area contributed by atoms with E-state index in [4.69, 9.17) is 14.6 Å². The zero-order chi connectivity index (χ0) is 33.2. The summed E-state index contributed by atoms with van der Waals surface area (Å²) in [6, 6.07) is 28.6. The lowest BCUT2D eigenvalue weighted by Crippen LogP contribution is -2.23. The van der Waals surface area contributed by atoms with Crippen LogP contribution in [0.25, 0.3) is 32.8 Å². The molecule has 8 nitrogen and oxygen atoms in total. The Hall–Kier alpha value is -4.73. The number of para-hydroxylation sites is 1. The first-order valence-electron chi connectivity index (χ1n) is 16.4. The summed E-state index contributed by atoms with van der Waals surface area (Å²) in [5.74, 6) is 0.723.